The molecule has 2 unspecified atom stereocenters. The normalized spacial score (nSPS) is 13.4. The van der Waals surface area contributed by atoms with Crippen LogP contribution in [0.2, 0.25) is 0 Å². The Morgan fingerprint density at radius 1 is 1.13 bits per heavy atom. The van der Waals surface area contributed by atoms with Gasteiger partial charge in [-0.2, -0.15) is 0 Å². The fraction of sp³-hybridized carbons (Fsp3) is 0.579. The Hall–Kier alpha value is -1.68. The lowest BCUT2D eigenvalue weighted by Gasteiger charge is -2.15. The molecule has 0 aliphatic heterocycles. The summed E-state index contributed by atoms with van der Waals surface area (Å²) in [6.07, 6.45) is 3.11. The zero-order valence-electron chi connectivity index (χ0n) is 14.7. The van der Waals surface area contributed by atoms with E-state index >= 15 is 0 Å². The van der Waals surface area contributed by atoms with E-state index < -0.39 is 6.04 Å². The second-order valence-electron chi connectivity index (χ2n) is 6.41. The quantitative estimate of drug-likeness (QED) is 0.556. The van der Waals surface area contributed by atoms with Crippen molar-refractivity contribution in [2.24, 2.45) is 5.73 Å². The van der Waals surface area contributed by atoms with Crippen molar-refractivity contribution in [2.45, 2.75) is 71.9 Å². The van der Waals surface area contributed by atoms with E-state index in [1.807, 2.05) is 39.0 Å². The molecule has 2 atom stereocenters. The van der Waals surface area contributed by atoms with Crippen molar-refractivity contribution in [3.63, 3.8) is 0 Å². The van der Waals surface area contributed by atoms with Crippen molar-refractivity contribution in [1.29, 1.82) is 0 Å². The van der Waals surface area contributed by atoms with E-state index in [1.165, 1.54) is 0 Å². The molecule has 4 nitrogen and oxygen atoms in total. The van der Waals surface area contributed by atoms with Gasteiger partial charge in [0.2, 0.25) is 0 Å². The summed E-state index contributed by atoms with van der Waals surface area (Å²) in [4.78, 5) is 24.1. The number of esters is 1. The van der Waals surface area contributed by atoms with E-state index in [0.29, 0.717) is 5.56 Å². The van der Waals surface area contributed by atoms with Crippen molar-refractivity contribution < 1.29 is 14.3 Å². The van der Waals surface area contributed by atoms with E-state index in [4.69, 9.17) is 10.5 Å². The van der Waals surface area contributed by atoms with Crippen LogP contribution in [0.1, 0.15) is 67.4 Å². The number of nitrogens with two attached hydrogens (primary N) is 1. The van der Waals surface area contributed by atoms with Crippen LogP contribution >= 0.6 is 0 Å². The molecule has 4 heteroatoms. The van der Waals surface area contributed by atoms with Crippen LogP contribution in [-0.2, 0) is 9.53 Å². The number of unbranched alkanes of at least 4 members (excludes halogenated alkanes) is 1. The highest BCUT2D eigenvalue weighted by molar-refractivity contribution is 5.97. The number of rotatable bonds is 9. The monoisotopic (exact) mass is 319 g/mol. The maximum absolute atomic E-state index is 12.3. The molecule has 0 aliphatic rings. The summed E-state index contributed by atoms with van der Waals surface area (Å²) in [6.45, 7) is 7.90. The number of ketones is 1. The van der Waals surface area contributed by atoms with Gasteiger partial charge in [-0.05, 0) is 39.3 Å². The first-order chi connectivity index (χ1) is 10.8. The van der Waals surface area contributed by atoms with Gasteiger partial charge in [-0.15, -0.1) is 0 Å². The third-order valence-corrected chi connectivity index (χ3v) is 3.72. The molecule has 0 aliphatic carbocycles. The van der Waals surface area contributed by atoms with Crippen molar-refractivity contribution >= 4 is 11.8 Å². The smallest absolute Gasteiger partial charge is 0.307 e. The van der Waals surface area contributed by atoms with Gasteiger partial charge in [0.05, 0.1) is 12.5 Å². The summed E-state index contributed by atoms with van der Waals surface area (Å²) in [5, 5.41) is 0. The Bertz CT molecular complexity index is 519. The minimum absolute atomic E-state index is 0.0314. The van der Waals surface area contributed by atoms with Crippen LogP contribution in [0, 0.1) is 13.8 Å². The molecule has 1 aromatic rings. The maximum Gasteiger partial charge on any atom is 0.307 e. The molecule has 1 aromatic carbocycles. The Labute approximate surface area is 139 Å². The van der Waals surface area contributed by atoms with E-state index in [0.717, 1.165) is 30.4 Å². The summed E-state index contributed by atoms with van der Waals surface area (Å²) in [6, 6.07) is 5.22. The minimum Gasteiger partial charge on any atom is -0.463 e. The number of carbonyl (C=O) groups excluding carboxylic acids is 2. The SMILES string of the molecule is CCCCC(C)OC(=O)CC(N)CC(=O)c1cc(C)cc(C)c1. The second-order valence-corrected chi connectivity index (χ2v) is 6.41. The number of aryl methyl sites for hydroxylation is 2. The van der Waals surface area contributed by atoms with Crippen LogP contribution in [0.15, 0.2) is 18.2 Å². The van der Waals surface area contributed by atoms with Crippen LogP contribution in [-0.4, -0.2) is 23.9 Å². The van der Waals surface area contributed by atoms with Gasteiger partial charge >= 0.3 is 5.97 Å². The Balaban J connectivity index is 2.47. The molecule has 0 fully saturated rings. The predicted molar refractivity (Wildman–Crippen MR) is 92.5 cm³/mol. The summed E-state index contributed by atoms with van der Waals surface area (Å²) < 4.78 is 5.32. The first-order valence-corrected chi connectivity index (χ1v) is 8.38. The molecule has 0 heterocycles. The predicted octanol–water partition coefficient (Wildman–Crippen LogP) is 3.72. The van der Waals surface area contributed by atoms with Gasteiger partial charge in [-0.1, -0.05) is 37.0 Å². The van der Waals surface area contributed by atoms with Crippen molar-refractivity contribution in [3.05, 3.63) is 34.9 Å². The zero-order chi connectivity index (χ0) is 17.4. The number of hydrogen-bond acceptors (Lipinski definition) is 4. The highest BCUT2D eigenvalue weighted by Crippen LogP contribution is 2.13. The number of Topliss-reactive ketones (excluding diaryl/α,β-unsaturated/α-hetero) is 1. The topological polar surface area (TPSA) is 69.4 Å². The first-order valence-electron chi connectivity index (χ1n) is 8.38. The number of carbonyl (C=O) groups is 2. The van der Waals surface area contributed by atoms with Crippen LogP contribution in [0.25, 0.3) is 0 Å². The molecule has 128 valence electrons. The molecule has 0 saturated carbocycles. The lowest BCUT2D eigenvalue weighted by atomic mass is 9.99. The molecule has 0 bridgehead atoms. The lowest BCUT2D eigenvalue weighted by Crippen LogP contribution is -2.29. The third-order valence-electron chi connectivity index (χ3n) is 3.72. The summed E-state index contributed by atoms with van der Waals surface area (Å²) in [7, 11) is 0. The molecule has 23 heavy (non-hydrogen) atoms. The van der Waals surface area contributed by atoms with Gasteiger partial charge in [-0.25, -0.2) is 0 Å². The van der Waals surface area contributed by atoms with Crippen molar-refractivity contribution in [1.82, 2.24) is 0 Å². The van der Waals surface area contributed by atoms with Gasteiger partial charge in [0.1, 0.15) is 0 Å². The summed E-state index contributed by atoms with van der Waals surface area (Å²) in [5.74, 6) is -0.356. The van der Waals surface area contributed by atoms with Gasteiger partial charge in [0, 0.05) is 18.0 Å². The number of ether oxygens (including phenoxy) is 1. The fourth-order valence-corrected chi connectivity index (χ4v) is 2.60. The minimum atomic E-state index is -0.505. The molecule has 1 rings (SSSR count). The molecule has 2 N–H and O–H groups in total. The summed E-state index contributed by atoms with van der Waals surface area (Å²) >= 11 is 0. The Kier molecular flexibility index (Phi) is 7.96. The molecule has 0 spiro atoms. The summed E-state index contributed by atoms with van der Waals surface area (Å²) in [5.41, 5.74) is 8.69. The molecule has 0 amide bonds. The highest BCUT2D eigenvalue weighted by atomic mass is 16.5. The average molecular weight is 319 g/mol. The van der Waals surface area contributed by atoms with E-state index in [2.05, 4.69) is 6.92 Å². The molecule has 0 saturated heterocycles. The highest BCUT2D eigenvalue weighted by Gasteiger charge is 2.18. The zero-order valence-corrected chi connectivity index (χ0v) is 14.7. The van der Waals surface area contributed by atoms with E-state index in [1.54, 1.807) is 0 Å². The van der Waals surface area contributed by atoms with Crippen LogP contribution < -0.4 is 5.73 Å². The molecular weight excluding hydrogens is 290 g/mol. The van der Waals surface area contributed by atoms with Gasteiger partial charge in [0.25, 0.3) is 0 Å². The van der Waals surface area contributed by atoms with Crippen molar-refractivity contribution in [2.75, 3.05) is 0 Å². The van der Waals surface area contributed by atoms with E-state index in [9.17, 15) is 9.59 Å². The first kappa shape index (κ1) is 19.4. The standard InChI is InChI=1S/C19H29NO3/c1-5-6-7-15(4)23-19(22)12-17(20)11-18(21)16-9-13(2)8-14(3)10-16/h8-10,15,17H,5-7,11-12,20H2,1-4H3. The fourth-order valence-electron chi connectivity index (χ4n) is 2.60. The molecular formula is C19H29NO3. The van der Waals surface area contributed by atoms with Crippen molar-refractivity contribution in [3.8, 4) is 0 Å². The second kappa shape index (κ2) is 9.46. The van der Waals surface area contributed by atoms with Crippen LogP contribution in [0.5, 0.6) is 0 Å². The maximum atomic E-state index is 12.3. The Morgan fingerprint density at radius 3 is 2.30 bits per heavy atom. The van der Waals surface area contributed by atoms with Gasteiger partial charge in [-0.3, -0.25) is 9.59 Å². The third kappa shape index (κ3) is 7.42. The lowest BCUT2D eigenvalue weighted by molar-refractivity contribution is -0.148. The largest absolute Gasteiger partial charge is 0.463 e. The number of benzene rings is 1. The molecule has 0 aromatic heterocycles. The van der Waals surface area contributed by atoms with Gasteiger partial charge < -0.3 is 10.5 Å². The van der Waals surface area contributed by atoms with E-state index in [-0.39, 0.29) is 30.7 Å². The van der Waals surface area contributed by atoms with Gasteiger partial charge in [0.15, 0.2) is 5.78 Å². The average Bonchev–Trinajstić information content (AvgIpc) is 2.43. The van der Waals surface area contributed by atoms with Crippen LogP contribution in [0.3, 0.4) is 0 Å². The molecule has 0 radical (unpaired) electrons. The van der Waals surface area contributed by atoms with Crippen LogP contribution in [0.4, 0.5) is 0 Å². The number of hydrogen-bond donors (Lipinski definition) is 1. The Morgan fingerprint density at radius 2 is 1.74 bits per heavy atom.